The molecule has 0 heterocycles. The molecule has 0 saturated carbocycles. The van der Waals surface area contributed by atoms with Crippen molar-refractivity contribution in [1.29, 1.82) is 0 Å². The SMILES string of the molecule is COCCCOc1c(CNC(C)C)cccc1OC. The second kappa shape index (κ2) is 8.77. The Balaban J connectivity index is 2.71. The fourth-order valence-electron chi connectivity index (χ4n) is 1.72. The normalized spacial score (nSPS) is 10.8. The Labute approximate surface area is 116 Å². The topological polar surface area (TPSA) is 39.7 Å². The van der Waals surface area contributed by atoms with Gasteiger partial charge in [-0.3, -0.25) is 0 Å². The van der Waals surface area contributed by atoms with Gasteiger partial charge in [0.15, 0.2) is 11.5 Å². The number of benzene rings is 1. The quantitative estimate of drug-likeness (QED) is 0.698. The van der Waals surface area contributed by atoms with E-state index in [0.29, 0.717) is 19.3 Å². The van der Waals surface area contributed by atoms with E-state index in [1.165, 1.54) is 0 Å². The lowest BCUT2D eigenvalue weighted by Gasteiger charge is -2.16. The van der Waals surface area contributed by atoms with Crippen molar-refractivity contribution in [2.75, 3.05) is 27.4 Å². The second-order valence-corrected chi connectivity index (χ2v) is 4.68. The van der Waals surface area contributed by atoms with Crippen LogP contribution >= 0.6 is 0 Å². The summed E-state index contributed by atoms with van der Waals surface area (Å²) in [6.07, 6.45) is 0.867. The molecule has 0 atom stereocenters. The lowest BCUT2D eigenvalue weighted by Crippen LogP contribution is -2.22. The Bertz CT molecular complexity index is 366. The van der Waals surface area contributed by atoms with Crippen LogP contribution in [0.2, 0.25) is 0 Å². The first-order valence-electron chi connectivity index (χ1n) is 6.70. The molecule has 1 rings (SSSR count). The zero-order valence-corrected chi connectivity index (χ0v) is 12.4. The van der Waals surface area contributed by atoms with E-state index >= 15 is 0 Å². The molecule has 0 aliphatic carbocycles. The average Bonchev–Trinajstić information content (AvgIpc) is 2.41. The summed E-state index contributed by atoms with van der Waals surface area (Å²) in [7, 11) is 3.36. The average molecular weight is 267 g/mol. The minimum absolute atomic E-state index is 0.438. The van der Waals surface area contributed by atoms with Crippen molar-refractivity contribution in [1.82, 2.24) is 5.32 Å². The van der Waals surface area contributed by atoms with Gasteiger partial charge in [-0.2, -0.15) is 0 Å². The number of hydrogen-bond donors (Lipinski definition) is 1. The van der Waals surface area contributed by atoms with E-state index in [-0.39, 0.29) is 0 Å². The lowest BCUT2D eigenvalue weighted by atomic mass is 10.1. The van der Waals surface area contributed by atoms with Crippen molar-refractivity contribution in [3.8, 4) is 11.5 Å². The number of methoxy groups -OCH3 is 2. The van der Waals surface area contributed by atoms with Crippen molar-refractivity contribution in [2.24, 2.45) is 0 Å². The molecule has 4 nitrogen and oxygen atoms in total. The van der Waals surface area contributed by atoms with E-state index < -0.39 is 0 Å². The zero-order valence-electron chi connectivity index (χ0n) is 12.4. The standard InChI is InChI=1S/C15H25NO3/c1-12(2)16-11-13-7-5-8-14(18-4)15(13)19-10-6-9-17-3/h5,7-8,12,16H,6,9-11H2,1-4H3. The molecule has 0 aliphatic rings. The van der Waals surface area contributed by atoms with Crippen LogP contribution in [0.4, 0.5) is 0 Å². The van der Waals surface area contributed by atoms with Crippen LogP contribution < -0.4 is 14.8 Å². The summed E-state index contributed by atoms with van der Waals surface area (Å²) in [5.41, 5.74) is 1.12. The highest BCUT2D eigenvalue weighted by Crippen LogP contribution is 2.31. The van der Waals surface area contributed by atoms with Gasteiger partial charge in [0, 0.05) is 38.3 Å². The Hall–Kier alpha value is -1.26. The highest BCUT2D eigenvalue weighted by molar-refractivity contribution is 5.46. The van der Waals surface area contributed by atoms with Gasteiger partial charge < -0.3 is 19.5 Å². The summed E-state index contributed by atoms with van der Waals surface area (Å²) < 4.78 is 16.2. The van der Waals surface area contributed by atoms with Gasteiger partial charge in [0.05, 0.1) is 13.7 Å². The number of hydrogen-bond acceptors (Lipinski definition) is 4. The molecule has 4 heteroatoms. The molecule has 108 valence electrons. The molecule has 19 heavy (non-hydrogen) atoms. The highest BCUT2D eigenvalue weighted by Gasteiger charge is 2.10. The molecule has 0 aromatic heterocycles. The summed E-state index contributed by atoms with van der Waals surface area (Å²) in [6, 6.07) is 6.40. The molecule has 1 N–H and O–H groups in total. The fourth-order valence-corrected chi connectivity index (χ4v) is 1.72. The third-order valence-corrected chi connectivity index (χ3v) is 2.72. The molecule has 0 aliphatic heterocycles. The van der Waals surface area contributed by atoms with Gasteiger partial charge in [0.1, 0.15) is 0 Å². The molecule has 0 unspecified atom stereocenters. The van der Waals surface area contributed by atoms with Gasteiger partial charge >= 0.3 is 0 Å². The monoisotopic (exact) mass is 267 g/mol. The Morgan fingerprint density at radius 3 is 2.58 bits per heavy atom. The van der Waals surface area contributed by atoms with Crippen molar-refractivity contribution in [2.45, 2.75) is 32.9 Å². The first kappa shape index (κ1) is 15.8. The van der Waals surface area contributed by atoms with Crippen molar-refractivity contribution >= 4 is 0 Å². The minimum atomic E-state index is 0.438. The molecule has 0 radical (unpaired) electrons. The molecule has 0 fully saturated rings. The Morgan fingerprint density at radius 1 is 1.16 bits per heavy atom. The van der Waals surface area contributed by atoms with Gasteiger partial charge in [-0.1, -0.05) is 26.0 Å². The van der Waals surface area contributed by atoms with Gasteiger partial charge in [-0.15, -0.1) is 0 Å². The van der Waals surface area contributed by atoms with Gasteiger partial charge in [0.25, 0.3) is 0 Å². The first-order valence-corrected chi connectivity index (χ1v) is 6.70. The lowest BCUT2D eigenvalue weighted by molar-refractivity contribution is 0.170. The summed E-state index contributed by atoms with van der Waals surface area (Å²) >= 11 is 0. The number of ether oxygens (including phenoxy) is 3. The molecule has 0 saturated heterocycles. The first-order chi connectivity index (χ1) is 9.19. The summed E-state index contributed by atoms with van der Waals surface area (Å²) in [6.45, 7) is 6.35. The van der Waals surface area contributed by atoms with Crippen molar-refractivity contribution in [3.05, 3.63) is 23.8 Å². The summed E-state index contributed by atoms with van der Waals surface area (Å²) in [4.78, 5) is 0. The second-order valence-electron chi connectivity index (χ2n) is 4.68. The van der Waals surface area contributed by atoms with E-state index in [2.05, 4.69) is 25.2 Å². The Kier molecular flexibility index (Phi) is 7.30. The van der Waals surface area contributed by atoms with E-state index in [1.54, 1.807) is 14.2 Å². The Morgan fingerprint density at radius 2 is 1.95 bits per heavy atom. The smallest absolute Gasteiger partial charge is 0.165 e. The van der Waals surface area contributed by atoms with Crippen molar-refractivity contribution in [3.63, 3.8) is 0 Å². The summed E-state index contributed by atoms with van der Waals surface area (Å²) in [5.74, 6) is 1.61. The molecule has 0 spiro atoms. The number of para-hydroxylation sites is 1. The maximum atomic E-state index is 5.85. The highest BCUT2D eigenvalue weighted by atomic mass is 16.5. The van der Waals surface area contributed by atoms with Crippen LogP contribution in [-0.4, -0.2) is 33.5 Å². The molecule has 1 aromatic carbocycles. The van der Waals surface area contributed by atoms with Crippen LogP contribution in [0.15, 0.2) is 18.2 Å². The summed E-state index contributed by atoms with van der Waals surface area (Å²) in [5, 5.41) is 3.39. The minimum Gasteiger partial charge on any atom is -0.493 e. The van der Waals surface area contributed by atoms with Crippen LogP contribution in [0.5, 0.6) is 11.5 Å². The third kappa shape index (κ3) is 5.49. The molecule has 0 amide bonds. The van der Waals surface area contributed by atoms with E-state index in [4.69, 9.17) is 14.2 Å². The van der Waals surface area contributed by atoms with Crippen molar-refractivity contribution < 1.29 is 14.2 Å². The largest absolute Gasteiger partial charge is 0.493 e. The van der Waals surface area contributed by atoms with Crippen LogP contribution in [0, 0.1) is 0 Å². The molecule has 1 aromatic rings. The van der Waals surface area contributed by atoms with Crippen LogP contribution in [0.1, 0.15) is 25.8 Å². The molecular weight excluding hydrogens is 242 g/mol. The maximum absolute atomic E-state index is 5.85. The van der Waals surface area contributed by atoms with Crippen LogP contribution in [0.25, 0.3) is 0 Å². The predicted molar refractivity (Wildman–Crippen MR) is 77.0 cm³/mol. The number of rotatable bonds is 9. The van der Waals surface area contributed by atoms with Gasteiger partial charge in [0.2, 0.25) is 0 Å². The van der Waals surface area contributed by atoms with E-state index in [9.17, 15) is 0 Å². The third-order valence-electron chi connectivity index (χ3n) is 2.72. The zero-order chi connectivity index (χ0) is 14.1. The van der Waals surface area contributed by atoms with Crippen LogP contribution in [0.3, 0.4) is 0 Å². The number of nitrogens with one attached hydrogen (secondary N) is 1. The molecular formula is C15H25NO3. The fraction of sp³-hybridized carbons (Fsp3) is 0.600. The predicted octanol–water partition coefficient (Wildman–Crippen LogP) is 2.61. The maximum Gasteiger partial charge on any atom is 0.165 e. The van der Waals surface area contributed by atoms with E-state index in [0.717, 1.165) is 30.0 Å². The van der Waals surface area contributed by atoms with E-state index in [1.807, 2.05) is 12.1 Å². The van der Waals surface area contributed by atoms with Gasteiger partial charge in [-0.25, -0.2) is 0 Å². The van der Waals surface area contributed by atoms with Crippen LogP contribution in [-0.2, 0) is 11.3 Å². The van der Waals surface area contributed by atoms with Gasteiger partial charge in [-0.05, 0) is 6.07 Å². The molecule has 0 bridgehead atoms.